The Labute approximate surface area is 187 Å². The lowest BCUT2D eigenvalue weighted by Crippen LogP contribution is -2.21. The van der Waals surface area contributed by atoms with Crippen LogP contribution in [0.3, 0.4) is 0 Å². The molecule has 0 atom stereocenters. The maximum atomic E-state index is 15.2. The summed E-state index contributed by atoms with van der Waals surface area (Å²) in [5, 5.41) is 8.90. The zero-order valence-corrected chi connectivity index (χ0v) is 18.9. The van der Waals surface area contributed by atoms with Crippen LogP contribution in [0, 0.1) is 30.0 Å². The third kappa shape index (κ3) is 3.48. The molecule has 0 radical (unpaired) electrons. The van der Waals surface area contributed by atoms with Crippen LogP contribution in [0.25, 0.3) is 16.7 Å². The zero-order chi connectivity index (χ0) is 22.5. The average molecular weight is 428 g/mol. The summed E-state index contributed by atoms with van der Waals surface area (Å²) >= 11 is 0. The van der Waals surface area contributed by atoms with Crippen LogP contribution in [0.2, 0.25) is 0 Å². The number of anilines is 2. The summed E-state index contributed by atoms with van der Waals surface area (Å²) in [5.74, 6) is 8.21. The molecule has 0 amide bonds. The van der Waals surface area contributed by atoms with E-state index in [2.05, 4.69) is 59.8 Å². The normalized spacial score (nSPS) is 14.2. The van der Waals surface area contributed by atoms with E-state index in [0.29, 0.717) is 22.8 Å². The maximum absolute atomic E-state index is 15.2. The Bertz CT molecular complexity index is 1400. The number of aryl methyl sites for hydroxylation is 1. The Hall–Kier alpha value is -3.46. The summed E-state index contributed by atoms with van der Waals surface area (Å²) in [5.41, 5.74) is 3.92. The minimum absolute atomic E-state index is 0.0788. The molecule has 162 valence electrons. The van der Waals surface area contributed by atoms with Gasteiger partial charge in [0.25, 0.3) is 5.78 Å². The van der Waals surface area contributed by atoms with Gasteiger partial charge in [0.1, 0.15) is 17.5 Å². The molecule has 5 rings (SSSR count). The van der Waals surface area contributed by atoms with E-state index in [1.54, 1.807) is 6.07 Å². The summed E-state index contributed by atoms with van der Waals surface area (Å²) < 4.78 is 17.0. The molecular weight excluding hydrogens is 401 g/mol. The summed E-state index contributed by atoms with van der Waals surface area (Å²) in [7, 11) is 0. The van der Waals surface area contributed by atoms with Crippen LogP contribution in [0.5, 0.6) is 0 Å². The molecule has 0 bridgehead atoms. The molecule has 3 heterocycles. The van der Waals surface area contributed by atoms with Gasteiger partial charge in [0.2, 0.25) is 0 Å². The summed E-state index contributed by atoms with van der Waals surface area (Å²) in [6.07, 6.45) is 2.97. The molecular formula is C26H26FN5. The van der Waals surface area contributed by atoms with Crippen LogP contribution in [-0.4, -0.2) is 26.1 Å². The molecule has 1 aliphatic rings. The molecule has 5 nitrogen and oxygen atoms in total. The predicted molar refractivity (Wildman–Crippen MR) is 126 cm³/mol. The monoisotopic (exact) mass is 427 g/mol. The van der Waals surface area contributed by atoms with Gasteiger partial charge in [-0.3, -0.25) is 4.40 Å². The van der Waals surface area contributed by atoms with E-state index in [1.165, 1.54) is 11.6 Å². The highest BCUT2D eigenvalue weighted by molar-refractivity contribution is 5.94. The van der Waals surface area contributed by atoms with Gasteiger partial charge in [0.05, 0.1) is 10.9 Å². The topological polar surface area (TPSA) is 46.3 Å². The van der Waals surface area contributed by atoms with E-state index >= 15 is 4.39 Å². The Balaban J connectivity index is 1.77. The van der Waals surface area contributed by atoms with Gasteiger partial charge in [0, 0.05) is 23.2 Å². The Morgan fingerprint density at radius 1 is 1.03 bits per heavy atom. The molecule has 0 unspecified atom stereocenters. The van der Waals surface area contributed by atoms with Crippen molar-refractivity contribution in [3.05, 3.63) is 59.2 Å². The van der Waals surface area contributed by atoms with E-state index in [4.69, 9.17) is 4.98 Å². The fourth-order valence-electron chi connectivity index (χ4n) is 4.35. The van der Waals surface area contributed by atoms with Gasteiger partial charge in [-0.2, -0.15) is 4.98 Å². The van der Waals surface area contributed by atoms with E-state index in [-0.39, 0.29) is 11.2 Å². The lowest BCUT2D eigenvalue weighted by molar-refractivity contribution is 0.571. The molecule has 0 saturated carbocycles. The highest BCUT2D eigenvalue weighted by Crippen LogP contribution is 2.38. The minimum Gasteiger partial charge on any atom is -0.325 e. The largest absolute Gasteiger partial charge is 0.325 e. The van der Waals surface area contributed by atoms with Gasteiger partial charge >= 0.3 is 0 Å². The molecule has 4 aromatic rings. The van der Waals surface area contributed by atoms with Crippen molar-refractivity contribution in [3.63, 3.8) is 0 Å². The lowest BCUT2D eigenvalue weighted by Gasteiger charge is -2.26. The fourth-order valence-corrected chi connectivity index (χ4v) is 4.35. The molecule has 0 aliphatic carbocycles. The van der Waals surface area contributed by atoms with Crippen LogP contribution < -0.4 is 4.90 Å². The van der Waals surface area contributed by atoms with E-state index in [1.807, 2.05) is 23.5 Å². The standard InChI is InChI=1S/C26H26FN5/c1-17-29-30-25-28-24(23-20(27)11-8-13-22(23)32(17)25)31-16-6-5-10-19-18(9-7-12-21(19)31)14-15-26(2,3)4/h7-9,11-13H,5-6,10,16H2,1-4H3. The smallest absolute Gasteiger partial charge is 0.257 e. The van der Waals surface area contributed by atoms with Crippen molar-refractivity contribution >= 4 is 28.2 Å². The Morgan fingerprint density at radius 3 is 2.66 bits per heavy atom. The number of halogens is 1. The number of nitrogens with zero attached hydrogens (tertiary/aromatic N) is 5. The lowest BCUT2D eigenvalue weighted by atomic mass is 9.95. The SMILES string of the molecule is Cc1nnc2nc(N3CCCCc4c(C#CC(C)(C)C)cccc43)c3c(F)cccc3n12. The van der Waals surface area contributed by atoms with E-state index in [0.717, 1.165) is 42.6 Å². The number of hydrogen-bond acceptors (Lipinski definition) is 4. The molecule has 1 aliphatic heterocycles. The number of fused-ring (bicyclic) bond motifs is 4. The van der Waals surface area contributed by atoms with E-state index < -0.39 is 0 Å². The van der Waals surface area contributed by atoms with Crippen molar-refractivity contribution in [1.82, 2.24) is 19.6 Å². The van der Waals surface area contributed by atoms with Gasteiger partial charge in [-0.25, -0.2) is 4.39 Å². The van der Waals surface area contributed by atoms with E-state index in [9.17, 15) is 0 Å². The van der Waals surface area contributed by atoms with Crippen LogP contribution in [0.15, 0.2) is 36.4 Å². The predicted octanol–water partition coefficient (Wildman–Crippen LogP) is 5.60. The van der Waals surface area contributed by atoms with Gasteiger partial charge in [-0.05, 0) is 76.8 Å². The molecule has 32 heavy (non-hydrogen) atoms. The average Bonchev–Trinajstić information content (AvgIpc) is 2.99. The first-order chi connectivity index (χ1) is 15.3. The quantitative estimate of drug-likeness (QED) is 0.371. The fraction of sp³-hybridized carbons (Fsp3) is 0.346. The summed E-state index contributed by atoms with van der Waals surface area (Å²) in [4.78, 5) is 6.94. The highest BCUT2D eigenvalue weighted by atomic mass is 19.1. The first-order valence-corrected chi connectivity index (χ1v) is 11.1. The maximum Gasteiger partial charge on any atom is 0.257 e. The Morgan fingerprint density at radius 2 is 1.84 bits per heavy atom. The first kappa shape index (κ1) is 20.4. The second-order valence-electron chi connectivity index (χ2n) is 9.36. The van der Waals surface area contributed by atoms with Crippen molar-refractivity contribution in [2.24, 2.45) is 5.41 Å². The number of benzene rings is 2. The summed E-state index contributed by atoms with van der Waals surface area (Å²) in [6.45, 7) is 8.95. The third-order valence-corrected chi connectivity index (χ3v) is 5.80. The molecule has 6 heteroatoms. The van der Waals surface area contributed by atoms with Crippen molar-refractivity contribution in [2.45, 2.75) is 47.0 Å². The zero-order valence-electron chi connectivity index (χ0n) is 18.9. The molecule has 2 aromatic heterocycles. The van der Waals surface area contributed by atoms with Gasteiger partial charge in [-0.1, -0.05) is 24.0 Å². The van der Waals surface area contributed by atoms with Crippen molar-refractivity contribution in [3.8, 4) is 11.8 Å². The van der Waals surface area contributed by atoms with Gasteiger partial charge < -0.3 is 4.90 Å². The van der Waals surface area contributed by atoms with Crippen molar-refractivity contribution in [1.29, 1.82) is 0 Å². The third-order valence-electron chi connectivity index (χ3n) is 5.80. The van der Waals surface area contributed by atoms with Gasteiger partial charge in [0.15, 0.2) is 0 Å². The number of aromatic nitrogens is 4. The van der Waals surface area contributed by atoms with Crippen LogP contribution in [-0.2, 0) is 6.42 Å². The second-order valence-corrected chi connectivity index (χ2v) is 9.36. The highest BCUT2D eigenvalue weighted by Gasteiger charge is 2.25. The molecule has 0 spiro atoms. The van der Waals surface area contributed by atoms with Crippen LogP contribution in [0.1, 0.15) is 50.6 Å². The van der Waals surface area contributed by atoms with Crippen LogP contribution in [0.4, 0.5) is 15.9 Å². The van der Waals surface area contributed by atoms with Crippen molar-refractivity contribution < 1.29 is 4.39 Å². The first-order valence-electron chi connectivity index (χ1n) is 11.1. The second kappa shape index (κ2) is 7.59. The molecule has 2 aromatic carbocycles. The Kier molecular flexibility index (Phi) is 4.85. The molecule has 0 saturated heterocycles. The van der Waals surface area contributed by atoms with Gasteiger partial charge in [-0.15, -0.1) is 10.2 Å². The molecule has 0 fully saturated rings. The molecule has 0 N–H and O–H groups in total. The summed E-state index contributed by atoms with van der Waals surface area (Å²) in [6, 6.07) is 11.3. The minimum atomic E-state index is -0.297. The number of rotatable bonds is 1. The number of hydrogen-bond donors (Lipinski definition) is 0. The van der Waals surface area contributed by atoms with Crippen molar-refractivity contribution in [2.75, 3.05) is 11.4 Å². The van der Waals surface area contributed by atoms with Crippen LogP contribution >= 0.6 is 0 Å².